The predicted molar refractivity (Wildman–Crippen MR) is 97.5 cm³/mol. The minimum atomic E-state index is -0.327. The lowest BCUT2D eigenvalue weighted by Crippen LogP contribution is -2.37. The molecule has 2 N–H and O–H groups in total. The van der Waals surface area contributed by atoms with E-state index in [4.69, 9.17) is 0 Å². The molecular formula is C18H18N4O2S. The van der Waals surface area contributed by atoms with Crippen LogP contribution in [0.5, 0.6) is 0 Å². The van der Waals surface area contributed by atoms with Crippen LogP contribution in [0.2, 0.25) is 0 Å². The van der Waals surface area contributed by atoms with Crippen LogP contribution in [-0.2, 0) is 11.8 Å². The molecule has 0 spiro atoms. The highest BCUT2D eigenvalue weighted by Gasteiger charge is 2.23. The highest BCUT2D eigenvalue weighted by molar-refractivity contribution is 7.13. The second-order valence-electron chi connectivity index (χ2n) is 6.21. The molecule has 128 valence electrons. The normalized spacial score (nSPS) is 13.8. The molecule has 0 radical (unpaired) electrons. The number of hydrogen-bond donors (Lipinski definition) is 2. The van der Waals surface area contributed by atoms with Crippen molar-refractivity contribution in [1.29, 1.82) is 0 Å². The average molecular weight is 354 g/mol. The number of aromatic nitrogens is 2. The van der Waals surface area contributed by atoms with E-state index >= 15 is 0 Å². The third kappa shape index (κ3) is 3.28. The number of benzene rings is 1. The molecule has 0 unspecified atom stereocenters. The molecule has 1 aliphatic rings. The van der Waals surface area contributed by atoms with Gasteiger partial charge in [0.05, 0.1) is 12.2 Å². The number of carbonyl (C=O) groups is 2. The summed E-state index contributed by atoms with van der Waals surface area (Å²) in [6.45, 7) is -0.0176. The summed E-state index contributed by atoms with van der Waals surface area (Å²) < 4.78 is 2.07. The number of nitrogens with zero attached hydrogens (tertiary/aromatic N) is 2. The Hall–Kier alpha value is -2.67. The molecule has 3 aromatic rings. The van der Waals surface area contributed by atoms with Gasteiger partial charge in [-0.1, -0.05) is 18.2 Å². The average Bonchev–Trinajstić information content (AvgIpc) is 3.17. The van der Waals surface area contributed by atoms with Crippen LogP contribution < -0.4 is 10.6 Å². The molecule has 1 aliphatic carbocycles. The van der Waals surface area contributed by atoms with Crippen molar-refractivity contribution in [1.82, 2.24) is 20.2 Å². The number of hydrogen-bond acceptors (Lipinski definition) is 4. The van der Waals surface area contributed by atoms with Crippen molar-refractivity contribution < 1.29 is 9.59 Å². The third-order valence-corrected chi connectivity index (χ3v) is 5.12. The van der Waals surface area contributed by atoms with Crippen molar-refractivity contribution >= 4 is 34.1 Å². The first-order valence-electron chi connectivity index (χ1n) is 8.20. The van der Waals surface area contributed by atoms with Gasteiger partial charge in [0, 0.05) is 29.4 Å². The molecule has 0 saturated heterocycles. The monoisotopic (exact) mass is 354 g/mol. The van der Waals surface area contributed by atoms with Gasteiger partial charge in [0.15, 0.2) is 0 Å². The molecule has 0 bridgehead atoms. The molecular weight excluding hydrogens is 336 g/mol. The van der Waals surface area contributed by atoms with E-state index in [1.54, 1.807) is 5.38 Å². The molecule has 2 heterocycles. The second kappa shape index (κ2) is 6.33. The van der Waals surface area contributed by atoms with Gasteiger partial charge >= 0.3 is 0 Å². The molecule has 4 rings (SSSR count). The lowest BCUT2D eigenvalue weighted by atomic mass is 10.2. The van der Waals surface area contributed by atoms with Gasteiger partial charge in [-0.25, -0.2) is 4.98 Å². The summed E-state index contributed by atoms with van der Waals surface area (Å²) in [5.74, 6) is -0.479. The molecule has 2 amide bonds. The van der Waals surface area contributed by atoms with E-state index in [9.17, 15) is 9.59 Å². The van der Waals surface area contributed by atoms with Gasteiger partial charge in [-0.15, -0.1) is 11.3 Å². The van der Waals surface area contributed by atoms with Crippen molar-refractivity contribution in [2.75, 3.05) is 6.54 Å². The summed E-state index contributed by atoms with van der Waals surface area (Å²) in [5, 5.41) is 9.11. The van der Waals surface area contributed by atoms with Crippen LogP contribution in [0.1, 0.15) is 23.3 Å². The lowest BCUT2D eigenvalue weighted by Gasteiger charge is -2.04. The summed E-state index contributed by atoms with van der Waals surface area (Å²) in [4.78, 5) is 28.3. The quantitative estimate of drug-likeness (QED) is 0.738. The van der Waals surface area contributed by atoms with Crippen LogP contribution in [0.4, 0.5) is 0 Å². The fourth-order valence-corrected chi connectivity index (χ4v) is 3.60. The van der Waals surface area contributed by atoms with E-state index < -0.39 is 0 Å². The maximum Gasteiger partial charge on any atom is 0.271 e. The first-order chi connectivity index (χ1) is 12.1. The predicted octanol–water partition coefficient (Wildman–Crippen LogP) is 2.31. The third-order valence-electron chi connectivity index (χ3n) is 4.26. The number of para-hydroxylation sites is 1. The van der Waals surface area contributed by atoms with Crippen LogP contribution in [0, 0.1) is 0 Å². The van der Waals surface area contributed by atoms with E-state index in [1.807, 2.05) is 19.2 Å². The zero-order valence-corrected chi connectivity index (χ0v) is 14.6. The number of fused-ring (bicyclic) bond motifs is 1. The van der Waals surface area contributed by atoms with Gasteiger partial charge in [0.25, 0.3) is 5.91 Å². The molecule has 1 saturated carbocycles. The molecule has 7 heteroatoms. The molecule has 2 aromatic heterocycles. The smallest absolute Gasteiger partial charge is 0.271 e. The Balaban J connectivity index is 1.48. The SMILES string of the molecule is Cn1c(-c2nc(C(=O)NCC(=O)NC3CC3)cs2)cc2ccccc21. The maximum absolute atomic E-state index is 12.2. The standard InChI is InChI=1S/C18H18N4O2S/c1-22-14-5-3-2-4-11(14)8-15(22)18-21-13(10-25-18)17(24)19-9-16(23)20-12-6-7-12/h2-5,8,10,12H,6-7,9H2,1H3,(H,19,24)(H,20,23). The minimum Gasteiger partial charge on any atom is -0.352 e. The number of carbonyl (C=O) groups excluding carboxylic acids is 2. The fraction of sp³-hybridized carbons (Fsp3) is 0.278. The largest absolute Gasteiger partial charge is 0.352 e. The van der Waals surface area contributed by atoms with E-state index in [1.165, 1.54) is 11.3 Å². The molecule has 0 atom stereocenters. The first-order valence-corrected chi connectivity index (χ1v) is 9.08. The van der Waals surface area contributed by atoms with Gasteiger partial charge < -0.3 is 15.2 Å². The molecule has 1 aromatic carbocycles. The maximum atomic E-state index is 12.2. The van der Waals surface area contributed by atoms with Gasteiger partial charge in [-0.2, -0.15) is 0 Å². The fourth-order valence-electron chi connectivity index (χ4n) is 2.75. The van der Waals surface area contributed by atoms with E-state index in [2.05, 4.69) is 38.4 Å². The first kappa shape index (κ1) is 15.8. The van der Waals surface area contributed by atoms with Gasteiger partial charge in [-0.05, 0) is 25.0 Å². The summed E-state index contributed by atoms with van der Waals surface area (Å²) in [5.41, 5.74) is 2.43. The summed E-state index contributed by atoms with van der Waals surface area (Å²) >= 11 is 1.42. The summed E-state index contributed by atoms with van der Waals surface area (Å²) in [7, 11) is 1.99. The topological polar surface area (TPSA) is 76.0 Å². The molecule has 0 aliphatic heterocycles. The number of thiazole rings is 1. The van der Waals surface area contributed by atoms with Crippen molar-refractivity contribution in [2.24, 2.45) is 7.05 Å². The van der Waals surface area contributed by atoms with Crippen LogP contribution in [-0.4, -0.2) is 34.0 Å². The Kier molecular flexibility index (Phi) is 4.01. The van der Waals surface area contributed by atoms with Crippen LogP contribution in [0.25, 0.3) is 21.6 Å². The van der Waals surface area contributed by atoms with Crippen molar-refractivity contribution in [3.8, 4) is 10.7 Å². The van der Waals surface area contributed by atoms with E-state index in [-0.39, 0.29) is 18.4 Å². The highest BCUT2D eigenvalue weighted by Crippen LogP contribution is 2.29. The Morgan fingerprint density at radius 1 is 1.32 bits per heavy atom. The summed E-state index contributed by atoms with van der Waals surface area (Å²) in [6.07, 6.45) is 2.06. The Morgan fingerprint density at radius 3 is 2.88 bits per heavy atom. The summed E-state index contributed by atoms with van der Waals surface area (Å²) in [6, 6.07) is 10.5. The van der Waals surface area contributed by atoms with Gasteiger partial charge in [-0.3, -0.25) is 9.59 Å². The van der Waals surface area contributed by atoms with Gasteiger partial charge in [0.2, 0.25) is 5.91 Å². The number of nitrogens with one attached hydrogen (secondary N) is 2. The number of amides is 2. The van der Waals surface area contributed by atoms with Crippen molar-refractivity contribution in [3.05, 3.63) is 41.4 Å². The Labute approximate surface area is 148 Å². The number of rotatable bonds is 5. The van der Waals surface area contributed by atoms with E-state index in [0.717, 1.165) is 34.4 Å². The van der Waals surface area contributed by atoms with Gasteiger partial charge in [0.1, 0.15) is 10.7 Å². The lowest BCUT2D eigenvalue weighted by molar-refractivity contribution is -0.120. The van der Waals surface area contributed by atoms with Crippen LogP contribution in [0.15, 0.2) is 35.7 Å². The molecule has 1 fully saturated rings. The minimum absolute atomic E-state index is 0.0176. The zero-order valence-electron chi connectivity index (χ0n) is 13.8. The number of aryl methyl sites for hydroxylation is 1. The Morgan fingerprint density at radius 2 is 2.12 bits per heavy atom. The van der Waals surface area contributed by atoms with Crippen LogP contribution >= 0.6 is 11.3 Å². The second-order valence-corrected chi connectivity index (χ2v) is 7.07. The molecule has 6 nitrogen and oxygen atoms in total. The van der Waals surface area contributed by atoms with Crippen molar-refractivity contribution in [3.63, 3.8) is 0 Å². The Bertz CT molecular complexity index is 955. The molecule has 25 heavy (non-hydrogen) atoms. The van der Waals surface area contributed by atoms with E-state index in [0.29, 0.717) is 11.7 Å². The zero-order chi connectivity index (χ0) is 17.4. The highest BCUT2D eigenvalue weighted by atomic mass is 32.1. The van der Waals surface area contributed by atoms with Crippen LogP contribution in [0.3, 0.4) is 0 Å². The van der Waals surface area contributed by atoms with Crippen molar-refractivity contribution in [2.45, 2.75) is 18.9 Å².